The number of fused-ring (bicyclic) bond motifs is 1. The maximum atomic E-state index is 13.4. The van der Waals surface area contributed by atoms with Crippen molar-refractivity contribution in [3.8, 4) is 0 Å². The largest absolute Gasteiger partial charge is 0.333 e. The summed E-state index contributed by atoms with van der Waals surface area (Å²) in [5, 5.41) is 8.98. The number of aryl methyl sites for hydroxylation is 1. The molecule has 1 saturated heterocycles. The summed E-state index contributed by atoms with van der Waals surface area (Å²) in [6.45, 7) is 17.0. The van der Waals surface area contributed by atoms with Crippen LogP contribution in [0.3, 0.4) is 0 Å². The number of halogens is 2. The first-order valence-corrected chi connectivity index (χ1v) is 9.53. The lowest BCUT2D eigenvalue weighted by Gasteiger charge is -2.34. The molecule has 1 amide bonds. The highest BCUT2D eigenvalue weighted by molar-refractivity contribution is 6.06. The summed E-state index contributed by atoms with van der Waals surface area (Å²) < 4.78 is 1.96. The van der Waals surface area contributed by atoms with E-state index in [9.17, 15) is 4.79 Å². The molecule has 1 N–H and O–H groups in total. The second-order valence-electron chi connectivity index (χ2n) is 8.67. The quantitative estimate of drug-likeness (QED) is 0.785. The molecule has 2 aromatic rings. The molecule has 0 aromatic carbocycles. The first-order chi connectivity index (χ1) is 12.1. The minimum atomic E-state index is -0.197. The van der Waals surface area contributed by atoms with E-state index in [4.69, 9.17) is 10.1 Å². The molecule has 1 fully saturated rings. The molecule has 0 unspecified atom stereocenters. The highest BCUT2D eigenvalue weighted by atomic mass is 35.5. The van der Waals surface area contributed by atoms with Crippen LogP contribution in [0.25, 0.3) is 11.0 Å². The summed E-state index contributed by atoms with van der Waals surface area (Å²) in [6, 6.07) is 2.16. The number of rotatable bonds is 2. The summed E-state index contributed by atoms with van der Waals surface area (Å²) >= 11 is 0. The van der Waals surface area contributed by atoms with Crippen LogP contribution in [0.1, 0.15) is 69.2 Å². The Bertz CT molecular complexity index is 841. The van der Waals surface area contributed by atoms with Crippen molar-refractivity contribution in [3.63, 3.8) is 0 Å². The molecule has 6 nitrogen and oxygen atoms in total. The Hall–Kier alpha value is -1.37. The normalized spacial score (nSPS) is 17.4. The van der Waals surface area contributed by atoms with Gasteiger partial charge in [-0.25, -0.2) is 9.67 Å². The number of pyridine rings is 1. The van der Waals surface area contributed by atoms with Crippen LogP contribution in [0.5, 0.6) is 0 Å². The summed E-state index contributed by atoms with van der Waals surface area (Å²) in [5.74, 6) is 0.333. The number of hydrogen-bond donors (Lipinski definition) is 1. The van der Waals surface area contributed by atoms with Gasteiger partial charge < -0.3 is 10.2 Å². The Balaban J connectivity index is 0.00000196. The predicted octanol–water partition coefficient (Wildman–Crippen LogP) is 3.90. The van der Waals surface area contributed by atoms with Crippen molar-refractivity contribution in [2.45, 2.75) is 66.0 Å². The van der Waals surface area contributed by atoms with E-state index in [-0.39, 0.29) is 48.2 Å². The molecule has 0 spiro atoms. The topological polar surface area (TPSA) is 63.1 Å². The van der Waals surface area contributed by atoms with E-state index in [0.717, 1.165) is 47.6 Å². The van der Waals surface area contributed by atoms with Crippen LogP contribution in [-0.4, -0.2) is 51.2 Å². The van der Waals surface area contributed by atoms with Crippen LogP contribution < -0.4 is 5.32 Å². The maximum Gasteiger partial charge on any atom is 0.255 e. The molecule has 0 aliphatic carbocycles. The van der Waals surface area contributed by atoms with Crippen molar-refractivity contribution in [3.05, 3.63) is 23.0 Å². The van der Waals surface area contributed by atoms with Crippen LogP contribution in [0.4, 0.5) is 0 Å². The van der Waals surface area contributed by atoms with Crippen LogP contribution >= 0.6 is 24.8 Å². The Labute approximate surface area is 180 Å². The molecule has 1 atom stereocenters. The van der Waals surface area contributed by atoms with E-state index in [2.05, 4.69) is 46.9 Å². The van der Waals surface area contributed by atoms with Gasteiger partial charge >= 0.3 is 0 Å². The van der Waals surface area contributed by atoms with Crippen molar-refractivity contribution in [1.29, 1.82) is 0 Å². The van der Waals surface area contributed by atoms with Crippen molar-refractivity contribution in [2.75, 3.05) is 19.6 Å². The van der Waals surface area contributed by atoms with Gasteiger partial charge in [-0.15, -0.1) is 24.8 Å². The van der Waals surface area contributed by atoms with E-state index in [1.807, 2.05) is 22.6 Å². The fourth-order valence-electron chi connectivity index (χ4n) is 3.54. The minimum Gasteiger partial charge on any atom is -0.333 e. The van der Waals surface area contributed by atoms with Crippen molar-refractivity contribution >= 4 is 41.8 Å². The highest BCUT2D eigenvalue weighted by Crippen LogP contribution is 2.30. The average molecular weight is 430 g/mol. The lowest BCUT2D eigenvalue weighted by atomic mass is 10.0. The SMILES string of the molecule is Cc1nn(C(C)(C)C)c2nc(C(C)C)cc(C(=O)N3CCNC[C@H]3C)c12.Cl.Cl. The van der Waals surface area contributed by atoms with Gasteiger partial charge in [-0.05, 0) is 46.6 Å². The molecule has 8 heteroatoms. The van der Waals surface area contributed by atoms with Crippen molar-refractivity contribution in [2.24, 2.45) is 0 Å². The van der Waals surface area contributed by atoms with Crippen LogP contribution in [0.15, 0.2) is 6.07 Å². The van der Waals surface area contributed by atoms with Crippen LogP contribution in [-0.2, 0) is 5.54 Å². The molecule has 158 valence electrons. The first kappa shape index (κ1) is 24.7. The average Bonchev–Trinajstić information content (AvgIpc) is 2.91. The zero-order chi connectivity index (χ0) is 19.2. The third kappa shape index (κ3) is 4.44. The highest BCUT2D eigenvalue weighted by Gasteiger charge is 2.29. The van der Waals surface area contributed by atoms with Gasteiger partial charge in [0.2, 0.25) is 0 Å². The second-order valence-corrected chi connectivity index (χ2v) is 8.67. The standard InChI is InChI=1S/C20H31N5O.2ClH/c1-12(2)16-10-15(19(26)24-9-8-21-11-13(24)3)17-14(4)23-25(18(17)22-16)20(5,6)7;;/h10,12-13,21H,8-9,11H2,1-7H3;2*1H/t13-;;/m1../s1. The van der Waals surface area contributed by atoms with Crippen molar-refractivity contribution < 1.29 is 4.79 Å². The Morgan fingerprint density at radius 3 is 2.46 bits per heavy atom. The molecule has 3 heterocycles. The van der Waals surface area contributed by atoms with E-state index in [1.54, 1.807) is 0 Å². The van der Waals surface area contributed by atoms with E-state index in [0.29, 0.717) is 0 Å². The van der Waals surface area contributed by atoms with E-state index in [1.165, 1.54) is 0 Å². The summed E-state index contributed by atoms with van der Waals surface area (Å²) in [7, 11) is 0. The molecule has 3 rings (SSSR count). The van der Waals surface area contributed by atoms with Crippen LogP contribution in [0, 0.1) is 6.92 Å². The third-order valence-electron chi connectivity index (χ3n) is 5.05. The molecule has 1 aliphatic rings. The van der Waals surface area contributed by atoms with Crippen molar-refractivity contribution in [1.82, 2.24) is 25.0 Å². The molecular weight excluding hydrogens is 397 g/mol. The maximum absolute atomic E-state index is 13.4. The molecule has 1 aliphatic heterocycles. The minimum absolute atomic E-state index is 0. The monoisotopic (exact) mass is 429 g/mol. The number of aromatic nitrogens is 3. The summed E-state index contributed by atoms with van der Waals surface area (Å²) in [4.78, 5) is 20.3. The number of amides is 1. The van der Waals surface area contributed by atoms with Gasteiger partial charge in [-0.3, -0.25) is 4.79 Å². The van der Waals surface area contributed by atoms with Gasteiger partial charge in [0.05, 0.1) is 22.2 Å². The third-order valence-corrected chi connectivity index (χ3v) is 5.05. The van der Waals surface area contributed by atoms with E-state index < -0.39 is 0 Å². The van der Waals surface area contributed by atoms with E-state index >= 15 is 0 Å². The smallest absolute Gasteiger partial charge is 0.255 e. The van der Waals surface area contributed by atoms with Gasteiger partial charge in [0.15, 0.2) is 5.65 Å². The second kappa shape index (κ2) is 8.97. The number of nitrogens with zero attached hydrogens (tertiary/aromatic N) is 4. The summed E-state index contributed by atoms with van der Waals surface area (Å²) in [6.07, 6.45) is 0. The van der Waals surface area contributed by atoms with Gasteiger partial charge in [0.1, 0.15) is 0 Å². The van der Waals surface area contributed by atoms with Gasteiger partial charge in [-0.1, -0.05) is 13.8 Å². The zero-order valence-electron chi connectivity index (χ0n) is 17.9. The fraction of sp³-hybridized carbons (Fsp3) is 0.650. The lowest BCUT2D eigenvalue weighted by Crippen LogP contribution is -2.52. The van der Waals surface area contributed by atoms with Gasteiger partial charge in [-0.2, -0.15) is 5.10 Å². The number of hydrogen-bond acceptors (Lipinski definition) is 4. The molecule has 0 saturated carbocycles. The predicted molar refractivity (Wildman–Crippen MR) is 119 cm³/mol. The van der Waals surface area contributed by atoms with Gasteiger partial charge in [0.25, 0.3) is 5.91 Å². The van der Waals surface area contributed by atoms with Crippen LogP contribution in [0.2, 0.25) is 0 Å². The lowest BCUT2D eigenvalue weighted by molar-refractivity contribution is 0.0657. The molecule has 28 heavy (non-hydrogen) atoms. The first-order valence-electron chi connectivity index (χ1n) is 9.53. The molecule has 0 bridgehead atoms. The number of carbonyl (C=O) groups excluding carboxylic acids is 1. The molecular formula is C20H33Cl2N5O. The molecule has 0 radical (unpaired) electrons. The number of nitrogens with one attached hydrogen (secondary N) is 1. The number of piperazine rings is 1. The number of carbonyl (C=O) groups is 1. The van der Waals surface area contributed by atoms with Gasteiger partial charge in [0, 0.05) is 31.4 Å². The summed E-state index contributed by atoms with van der Waals surface area (Å²) in [5.41, 5.74) is 3.16. The zero-order valence-corrected chi connectivity index (χ0v) is 19.5. The Kier molecular flexibility index (Phi) is 7.90. The fourth-order valence-corrected chi connectivity index (χ4v) is 3.54. The molecule has 2 aromatic heterocycles. The Morgan fingerprint density at radius 2 is 1.93 bits per heavy atom. The Morgan fingerprint density at radius 1 is 1.29 bits per heavy atom.